The van der Waals surface area contributed by atoms with Crippen molar-refractivity contribution >= 4 is 29.6 Å². The Morgan fingerprint density at radius 3 is 2.22 bits per heavy atom. The number of hydrogen-bond acceptors (Lipinski definition) is 5. The van der Waals surface area contributed by atoms with Gasteiger partial charge >= 0.3 is 11.9 Å². The molecule has 0 aliphatic heterocycles. The summed E-state index contributed by atoms with van der Waals surface area (Å²) >= 11 is 0. The molecule has 3 rings (SSSR count). The minimum absolute atomic E-state index is 0.410. The summed E-state index contributed by atoms with van der Waals surface area (Å²) in [7, 11) is 1.31. The molecule has 6 nitrogen and oxygen atoms in total. The highest BCUT2D eigenvalue weighted by atomic mass is 16.5. The van der Waals surface area contributed by atoms with E-state index in [4.69, 9.17) is 4.74 Å². The molecule has 1 unspecified atom stereocenters. The molecule has 0 aliphatic rings. The van der Waals surface area contributed by atoms with Crippen molar-refractivity contribution in [1.29, 1.82) is 0 Å². The summed E-state index contributed by atoms with van der Waals surface area (Å²) in [6.07, 6.45) is 1.78. The maximum Gasteiger partial charge on any atom is 0.337 e. The maximum atomic E-state index is 12.6. The van der Waals surface area contributed by atoms with Crippen molar-refractivity contribution in [1.82, 2.24) is 0 Å². The van der Waals surface area contributed by atoms with Crippen molar-refractivity contribution < 1.29 is 23.9 Å². The maximum absolute atomic E-state index is 12.6. The third kappa shape index (κ3) is 5.92. The number of esters is 2. The van der Waals surface area contributed by atoms with E-state index in [-0.39, 0.29) is 0 Å². The molecule has 0 saturated carbocycles. The van der Waals surface area contributed by atoms with Crippen LogP contribution >= 0.6 is 0 Å². The van der Waals surface area contributed by atoms with Crippen molar-refractivity contribution in [2.75, 3.05) is 12.4 Å². The normalized spacial score (nSPS) is 11.6. The molecule has 1 N–H and O–H groups in total. The number of amides is 1. The number of anilines is 1. The summed E-state index contributed by atoms with van der Waals surface area (Å²) in [5, 5.41) is 2.83. The first-order valence-electron chi connectivity index (χ1n) is 10.0. The van der Waals surface area contributed by atoms with Crippen molar-refractivity contribution in [3.63, 3.8) is 0 Å². The average molecular weight is 429 g/mol. The van der Waals surface area contributed by atoms with Gasteiger partial charge in [0.1, 0.15) is 0 Å². The van der Waals surface area contributed by atoms with E-state index in [0.717, 1.165) is 11.1 Å². The third-order valence-electron chi connectivity index (χ3n) is 4.68. The van der Waals surface area contributed by atoms with Crippen LogP contribution < -0.4 is 5.32 Å². The molecule has 0 spiro atoms. The molecular formula is C26H23NO5. The van der Waals surface area contributed by atoms with E-state index in [2.05, 4.69) is 10.1 Å². The predicted molar refractivity (Wildman–Crippen MR) is 123 cm³/mol. The van der Waals surface area contributed by atoms with E-state index in [1.54, 1.807) is 36.4 Å². The van der Waals surface area contributed by atoms with Gasteiger partial charge in [-0.1, -0.05) is 60.7 Å². The lowest BCUT2D eigenvalue weighted by Crippen LogP contribution is -2.29. The lowest BCUT2D eigenvalue weighted by Gasteiger charge is -2.15. The Bertz CT molecular complexity index is 1120. The number of nitrogens with one attached hydrogen (secondary N) is 1. The highest BCUT2D eigenvalue weighted by molar-refractivity contribution is 5.99. The monoisotopic (exact) mass is 429 g/mol. The lowest BCUT2D eigenvalue weighted by molar-refractivity contribution is -0.148. The van der Waals surface area contributed by atoms with Gasteiger partial charge in [0.2, 0.25) is 0 Å². The largest absolute Gasteiger partial charge is 0.465 e. The lowest BCUT2D eigenvalue weighted by atomic mass is 10.0. The van der Waals surface area contributed by atoms with E-state index in [1.165, 1.54) is 20.1 Å². The van der Waals surface area contributed by atoms with E-state index in [0.29, 0.717) is 16.8 Å². The molecule has 6 heteroatoms. The van der Waals surface area contributed by atoms with Gasteiger partial charge in [0.15, 0.2) is 6.10 Å². The summed E-state index contributed by atoms with van der Waals surface area (Å²) in [5.41, 5.74) is 3.58. The van der Waals surface area contributed by atoms with Crippen LogP contribution in [0.2, 0.25) is 0 Å². The standard InChI is InChI=1S/C26H23NO5/c1-18(32-24(28)17-14-19-12-15-21(16-13-19)26(30)31-2)25(29)27-23-11-7-6-10-22(23)20-8-4-3-5-9-20/h3-18H,1-2H3,(H,27,29)/b17-14+. The number of hydrogen-bond donors (Lipinski definition) is 1. The average Bonchev–Trinajstić information content (AvgIpc) is 2.83. The Hall–Kier alpha value is -4.19. The van der Waals surface area contributed by atoms with Gasteiger partial charge in [-0.25, -0.2) is 9.59 Å². The molecule has 3 aromatic rings. The predicted octanol–water partition coefficient (Wildman–Crippen LogP) is 4.72. The van der Waals surface area contributed by atoms with Crippen LogP contribution in [-0.4, -0.2) is 31.1 Å². The van der Waals surface area contributed by atoms with Gasteiger partial charge in [0.25, 0.3) is 5.91 Å². The fourth-order valence-electron chi connectivity index (χ4n) is 2.98. The summed E-state index contributed by atoms with van der Waals surface area (Å²) in [6.45, 7) is 1.51. The third-order valence-corrected chi connectivity index (χ3v) is 4.68. The number of methoxy groups -OCH3 is 1. The van der Waals surface area contributed by atoms with Gasteiger partial charge in [-0.2, -0.15) is 0 Å². The Balaban J connectivity index is 1.60. The Kier molecular flexibility index (Phi) is 7.54. The minimum atomic E-state index is -0.988. The molecule has 0 saturated heterocycles. The second-order valence-electron chi connectivity index (χ2n) is 6.93. The molecule has 3 aromatic carbocycles. The van der Waals surface area contributed by atoms with Crippen molar-refractivity contribution in [3.05, 3.63) is 96.1 Å². The fourth-order valence-corrected chi connectivity index (χ4v) is 2.98. The van der Waals surface area contributed by atoms with E-state index in [1.807, 2.05) is 48.5 Å². The smallest absolute Gasteiger partial charge is 0.337 e. The van der Waals surface area contributed by atoms with Gasteiger partial charge in [-0.05, 0) is 42.3 Å². The Labute approximate surface area is 186 Å². The van der Waals surface area contributed by atoms with E-state index in [9.17, 15) is 14.4 Å². The number of rotatable bonds is 7. The molecule has 162 valence electrons. The number of ether oxygens (including phenoxy) is 2. The number of para-hydroxylation sites is 1. The van der Waals surface area contributed by atoms with Gasteiger partial charge in [-0.3, -0.25) is 4.79 Å². The van der Waals surface area contributed by atoms with Crippen LogP contribution in [0.3, 0.4) is 0 Å². The molecule has 1 atom stereocenters. The van der Waals surface area contributed by atoms with Crippen LogP contribution in [0.1, 0.15) is 22.8 Å². The summed E-state index contributed by atoms with van der Waals surface area (Å²) in [5.74, 6) is -1.52. The van der Waals surface area contributed by atoms with Crippen molar-refractivity contribution in [3.8, 4) is 11.1 Å². The molecule has 32 heavy (non-hydrogen) atoms. The first kappa shape index (κ1) is 22.5. The zero-order chi connectivity index (χ0) is 22.9. The Morgan fingerprint density at radius 1 is 0.875 bits per heavy atom. The second-order valence-corrected chi connectivity index (χ2v) is 6.93. The van der Waals surface area contributed by atoms with Crippen LogP contribution in [0.15, 0.2) is 84.9 Å². The minimum Gasteiger partial charge on any atom is -0.465 e. The van der Waals surface area contributed by atoms with E-state index < -0.39 is 23.9 Å². The second kappa shape index (κ2) is 10.7. The Morgan fingerprint density at radius 2 is 1.53 bits per heavy atom. The highest BCUT2D eigenvalue weighted by Gasteiger charge is 2.18. The van der Waals surface area contributed by atoms with Crippen LogP contribution in [0.25, 0.3) is 17.2 Å². The quantitative estimate of drug-likeness (QED) is 0.434. The number of benzene rings is 3. The van der Waals surface area contributed by atoms with Gasteiger partial charge < -0.3 is 14.8 Å². The molecular weight excluding hydrogens is 406 g/mol. The van der Waals surface area contributed by atoms with Crippen molar-refractivity contribution in [2.45, 2.75) is 13.0 Å². The zero-order valence-corrected chi connectivity index (χ0v) is 17.8. The van der Waals surface area contributed by atoms with Gasteiger partial charge in [0.05, 0.1) is 12.7 Å². The summed E-state index contributed by atoms with van der Waals surface area (Å²) < 4.78 is 9.87. The fraction of sp³-hybridized carbons (Fsp3) is 0.115. The molecule has 1 amide bonds. The number of carbonyl (C=O) groups excluding carboxylic acids is 3. The molecule has 0 bridgehead atoms. The molecule has 0 radical (unpaired) electrons. The highest BCUT2D eigenvalue weighted by Crippen LogP contribution is 2.27. The van der Waals surface area contributed by atoms with Crippen LogP contribution in [0.4, 0.5) is 5.69 Å². The van der Waals surface area contributed by atoms with Gasteiger partial charge in [0, 0.05) is 17.3 Å². The molecule has 0 heterocycles. The summed E-state index contributed by atoms with van der Waals surface area (Å²) in [4.78, 5) is 36.2. The van der Waals surface area contributed by atoms with Crippen LogP contribution in [0, 0.1) is 0 Å². The van der Waals surface area contributed by atoms with Crippen LogP contribution in [0.5, 0.6) is 0 Å². The summed E-state index contributed by atoms with van der Waals surface area (Å²) in [6, 6.07) is 23.6. The first-order chi connectivity index (χ1) is 15.5. The van der Waals surface area contributed by atoms with Gasteiger partial charge in [-0.15, -0.1) is 0 Å². The van der Waals surface area contributed by atoms with Crippen LogP contribution in [-0.2, 0) is 19.1 Å². The van der Waals surface area contributed by atoms with Crippen molar-refractivity contribution in [2.24, 2.45) is 0 Å². The first-order valence-corrected chi connectivity index (χ1v) is 10.0. The SMILES string of the molecule is COC(=O)c1ccc(/C=C/C(=O)OC(C)C(=O)Nc2ccccc2-c2ccccc2)cc1. The molecule has 0 fully saturated rings. The van der Waals surface area contributed by atoms with E-state index >= 15 is 0 Å². The molecule has 0 aliphatic carbocycles. The molecule has 0 aromatic heterocycles. The zero-order valence-electron chi connectivity index (χ0n) is 17.8. The topological polar surface area (TPSA) is 81.7 Å². The number of carbonyl (C=O) groups is 3.